The summed E-state index contributed by atoms with van der Waals surface area (Å²) in [6.45, 7) is 0.302. The molecule has 29 heavy (non-hydrogen) atoms. The number of carbonyl (C=O) groups excluding carboxylic acids is 2. The van der Waals surface area contributed by atoms with Crippen LogP contribution in [-0.4, -0.2) is 16.8 Å². The van der Waals surface area contributed by atoms with Gasteiger partial charge in [0.15, 0.2) is 11.4 Å². The van der Waals surface area contributed by atoms with Gasteiger partial charge in [-0.15, -0.1) is 0 Å². The molecule has 1 N–H and O–H groups in total. The van der Waals surface area contributed by atoms with Crippen LogP contribution >= 0.6 is 27.5 Å². The van der Waals surface area contributed by atoms with E-state index in [4.69, 9.17) is 11.6 Å². The van der Waals surface area contributed by atoms with E-state index in [1.807, 2.05) is 36.4 Å². The van der Waals surface area contributed by atoms with Gasteiger partial charge in [-0.05, 0) is 35.9 Å². The molecule has 1 aliphatic heterocycles. The first-order valence-electron chi connectivity index (χ1n) is 9.06. The Hall–Kier alpha value is -2.47. The molecular weight excluding hydrogens is 454 g/mol. The molecule has 0 spiro atoms. The van der Waals surface area contributed by atoms with Gasteiger partial charge in [0, 0.05) is 15.6 Å². The Bertz CT molecular complexity index is 1100. The summed E-state index contributed by atoms with van der Waals surface area (Å²) in [5.74, 6) is -0.909. The van der Waals surface area contributed by atoms with Crippen LogP contribution in [0.1, 0.15) is 27.9 Å². The van der Waals surface area contributed by atoms with Crippen LogP contribution in [0.4, 0.5) is 5.69 Å². The molecule has 146 valence electrons. The second-order valence-corrected chi connectivity index (χ2v) is 8.30. The van der Waals surface area contributed by atoms with Gasteiger partial charge in [0.05, 0.1) is 23.7 Å². The highest BCUT2D eigenvalue weighted by Crippen LogP contribution is 2.45. The number of fused-ring (bicyclic) bond motifs is 1. The van der Waals surface area contributed by atoms with E-state index in [0.717, 1.165) is 5.56 Å². The van der Waals surface area contributed by atoms with Gasteiger partial charge in [0.25, 0.3) is 5.91 Å². The molecule has 3 aromatic rings. The molecular formula is C23H17BrClNO3. The zero-order valence-electron chi connectivity index (χ0n) is 15.3. The van der Waals surface area contributed by atoms with Crippen molar-refractivity contribution in [2.45, 2.75) is 18.6 Å². The van der Waals surface area contributed by atoms with Crippen LogP contribution in [0.15, 0.2) is 77.3 Å². The van der Waals surface area contributed by atoms with E-state index in [2.05, 4.69) is 15.9 Å². The lowest BCUT2D eigenvalue weighted by atomic mass is 9.88. The van der Waals surface area contributed by atoms with E-state index in [1.165, 1.54) is 4.90 Å². The van der Waals surface area contributed by atoms with Gasteiger partial charge >= 0.3 is 0 Å². The van der Waals surface area contributed by atoms with Crippen molar-refractivity contribution in [3.63, 3.8) is 0 Å². The molecule has 0 unspecified atom stereocenters. The van der Waals surface area contributed by atoms with Crippen LogP contribution in [0, 0.1) is 0 Å². The Kier molecular flexibility index (Phi) is 5.30. The number of rotatable bonds is 5. The standard InChI is InChI=1S/C23H17BrClNO3/c24-16-10-11-20-18(12-16)23(29,13-21(27)17-8-4-5-9-19(17)25)22(28)26(20)14-15-6-2-1-3-7-15/h1-12,29H,13-14H2/t23-/m0/s1. The molecule has 0 bridgehead atoms. The van der Waals surface area contributed by atoms with Crippen molar-refractivity contribution in [2.75, 3.05) is 4.90 Å². The van der Waals surface area contributed by atoms with Crippen molar-refractivity contribution in [2.24, 2.45) is 0 Å². The van der Waals surface area contributed by atoms with E-state index >= 15 is 0 Å². The lowest BCUT2D eigenvalue weighted by molar-refractivity contribution is -0.136. The minimum atomic E-state index is -1.95. The summed E-state index contributed by atoms with van der Waals surface area (Å²) in [7, 11) is 0. The van der Waals surface area contributed by atoms with Crippen LogP contribution in [0.25, 0.3) is 0 Å². The van der Waals surface area contributed by atoms with Crippen molar-refractivity contribution in [3.8, 4) is 0 Å². The number of nitrogens with zero attached hydrogens (tertiary/aromatic N) is 1. The number of hydrogen-bond acceptors (Lipinski definition) is 3. The summed E-state index contributed by atoms with van der Waals surface area (Å²) in [5.41, 5.74) is 0.263. The van der Waals surface area contributed by atoms with Gasteiger partial charge < -0.3 is 10.0 Å². The predicted octanol–water partition coefficient (Wildman–Crippen LogP) is 5.11. The number of carbonyl (C=O) groups is 2. The molecule has 0 fully saturated rings. The highest BCUT2D eigenvalue weighted by Gasteiger charge is 2.51. The summed E-state index contributed by atoms with van der Waals surface area (Å²) in [6, 6.07) is 21.4. The average Bonchev–Trinajstić information content (AvgIpc) is 2.90. The molecule has 3 aromatic carbocycles. The van der Waals surface area contributed by atoms with Gasteiger partial charge in [0.1, 0.15) is 0 Å². The first kappa shape index (κ1) is 19.8. The summed E-state index contributed by atoms with van der Waals surface area (Å²) in [6.07, 6.45) is -0.385. The molecule has 4 nitrogen and oxygen atoms in total. The second kappa shape index (κ2) is 7.75. The quantitative estimate of drug-likeness (QED) is 0.527. The molecule has 0 aliphatic carbocycles. The maximum absolute atomic E-state index is 13.3. The van der Waals surface area contributed by atoms with E-state index in [9.17, 15) is 14.7 Å². The third kappa shape index (κ3) is 3.62. The largest absolute Gasteiger partial charge is 0.375 e. The van der Waals surface area contributed by atoms with Crippen molar-refractivity contribution >= 4 is 44.9 Å². The van der Waals surface area contributed by atoms with Gasteiger partial charge in [-0.1, -0.05) is 70.0 Å². The van der Waals surface area contributed by atoms with Gasteiger partial charge in [-0.3, -0.25) is 9.59 Å². The number of Topliss-reactive ketones (excluding diaryl/α,β-unsaturated/α-hetero) is 1. The lowest BCUT2D eigenvalue weighted by Crippen LogP contribution is -2.41. The van der Waals surface area contributed by atoms with Gasteiger partial charge in [0.2, 0.25) is 0 Å². The average molecular weight is 471 g/mol. The van der Waals surface area contributed by atoms with Crippen LogP contribution in [0.2, 0.25) is 5.02 Å². The first-order chi connectivity index (χ1) is 13.9. The smallest absolute Gasteiger partial charge is 0.264 e. The number of halogens is 2. The van der Waals surface area contributed by atoms with E-state index in [1.54, 1.807) is 36.4 Å². The summed E-state index contributed by atoms with van der Waals surface area (Å²) < 4.78 is 0.717. The Morgan fingerprint density at radius 1 is 1.03 bits per heavy atom. The van der Waals surface area contributed by atoms with Crippen LogP contribution in [0.5, 0.6) is 0 Å². The van der Waals surface area contributed by atoms with Gasteiger partial charge in [-0.2, -0.15) is 0 Å². The highest BCUT2D eigenvalue weighted by molar-refractivity contribution is 9.10. The molecule has 0 radical (unpaired) electrons. The minimum absolute atomic E-state index is 0.286. The third-order valence-corrected chi connectivity index (χ3v) is 5.89. The Morgan fingerprint density at radius 3 is 2.45 bits per heavy atom. The summed E-state index contributed by atoms with van der Waals surface area (Å²) >= 11 is 9.54. The summed E-state index contributed by atoms with van der Waals surface area (Å²) in [4.78, 5) is 27.8. The monoisotopic (exact) mass is 469 g/mol. The van der Waals surface area contributed by atoms with Crippen molar-refractivity contribution < 1.29 is 14.7 Å². The molecule has 1 heterocycles. The Labute approximate surface area is 181 Å². The van der Waals surface area contributed by atoms with Gasteiger partial charge in [-0.25, -0.2) is 0 Å². The Balaban J connectivity index is 1.73. The molecule has 1 amide bonds. The Morgan fingerprint density at radius 2 is 1.72 bits per heavy atom. The number of anilines is 1. The maximum atomic E-state index is 13.3. The SMILES string of the molecule is O=C(C[C@@]1(O)C(=O)N(Cc2ccccc2)c2ccc(Br)cc21)c1ccccc1Cl. The topological polar surface area (TPSA) is 57.6 Å². The number of hydrogen-bond donors (Lipinski definition) is 1. The zero-order chi connectivity index (χ0) is 20.6. The van der Waals surface area contributed by atoms with Crippen LogP contribution < -0.4 is 4.90 Å². The number of ketones is 1. The fraction of sp³-hybridized carbons (Fsp3) is 0.130. The van der Waals surface area contributed by atoms with Crippen LogP contribution in [-0.2, 0) is 16.9 Å². The number of amides is 1. The molecule has 6 heteroatoms. The maximum Gasteiger partial charge on any atom is 0.264 e. The van der Waals surface area contributed by atoms with E-state index in [0.29, 0.717) is 27.3 Å². The lowest BCUT2D eigenvalue weighted by Gasteiger charge is -2.23. The normalized spacial score (nSPS) is 18.0. The molecule has 0 saturated heterocycles. The van der Waals surface area contributed by atoms with E-state index in [-0.39, 0.29) is 17.8 Å². The second-order valence-electron chi connectivity index (χ2n) is 6.98. The summed E-state index contributed by atoms with van der Waals surface area (Å²) in [5, 5.41) is 11.7. The fourth-order valence-electron chi connectivity index (χ4n) is 3.63. The van der Waals surface area contributed by atoms with Crippen molar-refractivity contribution in [3.05, 3.63) is 99.0 Å². The first-order valence-corrected chi connectivity index (χ1v) is 10.2. The molecule has 1 atom stereocenters. The molecule has 0 aromatic heterocycles. The number of aliphatic hydroxyl groups is 1. The predicted molar refractivity (Wildman–Crippen MR) is 116 cm³/mol. The zero-order valence-corrected chi connectivity index (χ0v) is 17.7. The molecule has 0 saturated carbocycles. The number of benzene rings is 3. The fourth-order valence-corrected chi connectivity index (χ4v) is 4.23. The third-order valence-electron chi connectivity index (χ3n) is 5.07. The van der Waals surface area contributed by atoms with Crippen LogP contribution in [0.3, 0.4) is 0 Å². The van der Waals surface area contributed by atoms with Crippen molar-refractivity contribution in [1.82, 2.24) is 0 Å². The minimum Gasteiger partial charge on any atom is -0.375 e. The molecule has 4 rings (SSSR count). The van der Waals surface area contributed by atoms with Crippen molar-refractivity contribution in [1.29, 1.82) is 0 Å². The molecule has 1 aliphatic rings. The van der Waals surface area contributed by atoms with E-state index < -0.39 is 11.5 Å². The highest BCUT2D eigenvalue weighted by atomic mass is 79.9.